The summed E-state index contributed by atoms with van der Waals surface area (Å²) in [4.78, 5) is 38.4. The lowest BCUT2D eigenvalue weighted by atomic mass is 10.0. The van der Waals surface area contributed by atoms with E-state index >= 15 is 0 Å². The highest BCUT2D eigenvalue weighted by molar-refractivity contribution is 5.71. The molecule has 0 aliphatic heterocycles. The van der Waals surface area contributed by atoms with E-state index in [1.807, 2.05) is 0 Å². The molecule has 0 aliphatic rings. The van der Waals surface area contributed by atoms with Gasteiger partial charge >= 0.3 is 17.9 Å². The molecule has 81 heavy (non-hydrogen) atoms. The lowest BCUT2D eigenvalue weighted by Gasteiger charge is -2.18. The molecule has 0 saturated carbocycles. The summed E-state index contributed by atoms with van der Waals surface area (Å²) in [5.74, 6) is -0.920. The summed E-state index contributed by atoms with van der Waals surface area (Å²) >= 11 is 0. The van der Waals surface area contributed by atoms with Crippen LogP contribution in [0.3, 0.4) is 0 Å². The van der Waals surface area contributed by atoms with E-state index in [0.29, 0.717) is 19.3 Å². The Bertz CT molecular complexity index is 1670. The second-order valence-electron chi connectivity index (χ2n) is 22.3. The largest absolute Gasteiger partial charge is 0.462 e. The first-order chi connectivity index (χ1) is 40.0. The van der Waals surface area contributed by atoms with Crippen molar-refractivity contribution >= 4 is 17.9 Å². The summed E-state index contributed by atoms with van der Waals surface area (Å²) < 4.78 is 16.9. The van der Waals surface area contributed by atoms with Gasteiger partial charge < -0.3 is 14.2 Å². The standard InChI is InChI=1S/C75H126O6/c1-4-7-10-13-16-19-22-25-28-31-32-33-34-35-36-37-38-39-40-41-42-45-47-50-53-56-59-62-65-68-74(77)80-71-72(81-75(78)69-66-63-60-57-54-51-48-44-30-27-24-21-18-15-12-9-6-3)70-79-73(76)67-64-61-58-55-52-49-46-43-29-26-23-20-17-14-11-8-5-2/h8-9,11-12,17-18,20-22,25-27,29-32,34-35,48,51,72H,4-7,10,13-16,19,23-24,28,33,36-47,49-50,52-71H2,1-3H3/b11-8-,12-9-,20-17-,21-18-,25-22-,29-26-,30-27-,32-31-,35-34-,51-48-. The van der Waals surface area contributed by atoms with Crippen LogP contribution in [0.1, 0.15) is 316 Å². The fourth-order valence-corrected chi connectivity index (χ4v) is 9.40. The van der Waals surface area contributed by atoms with Crippen LogP contribution in [0.5, 0.6) is 0 Å². The van der Waals surface area contributed by atoms with Gasteiger partial charge in [-0.15, -0.1) is 0 Å². The van der Waals surface area contributed by atoms with Crippen LogP contribution in [0.2, 0.25) is 0 Å². The van der Waals surface area contributed by atoms with Crippen molar-refractivity contribution in [2.24, 2.45) is 0 Å². The Labute approximate surface area is 501 Å². The fourth-order valence-electron chi connectivity index (χ4n) is 9.40. The Balaban J connectivity index is 4.33. The molecule has 1 unspecified atom stereocenters. The Morgan fingerprint density at radius 3 is 0.753 bits per heavy atom. The van der Waals surface area contributed by atoms with Crippen LogP contribution in [0.4, 0.5) is 0 Å². The van der Waals surface area contributed by atoms with Crippen LogP contribution >= 0.6 is 0 Å². The first-order valence-corrected chi connectivity index (χ1v) is 34.0. The van der Waals surface area contributed by atoms with Gasteiger partial charge in [-0.3, -0.25) is 14.4 Å². The average molecular weight is 1120 g/mol. The van der Waals surface area contributed by atoms with E-state index in [1.165, 1.54) is 141 Å². The van der Waals surface area contributed by atoms with E-state index in [0.717, 1.165) is 135 Å². The molecule has 462 valence electrons. The minimum atomic E-state index is -0.800. The first-order valence-electron chi connectivity index (χ1n) is 34.0. The zero-order valence-electron chi connectivity index (χ0n) is 53.0. The van der Waals surface area contributed by atoms with Gasteiger partial charge in [0, 0.05) is 19.3 Å². The number of esters is 3. The van der Waals surface area contributed by atoms with Crippen LogP contribution in [-0.2, 0) is 28.6 Å². The van der Waals surface area contributed by atoms with Crippen LogP contribution in [-0.4, -0.2) is 37.2 Å². The van der Waals surface area contributed by atoms with Gasteiger partial charge in [0.25, 0.3) is 0 Å². The number of unbranched alkanes of at least 4 members (excludes halogenated alkanes) is 30. The molecular formula is C75H126O6. The Kier molecular flexibility index (Phi) is 64.8. The molecule has 0 aromatic rings. The van der Waals surface area contributed by atoms with Crippen molar-refractivity contribution < 1.29 is 28.6 Å². The van der Waals surface area contributed by atoms with Crippen LogP contribution in [0.15, 0.2) is 122 Å². The van der Waals surface area contributed by atoms with Gasteiger partial charge in [0.1, 0.15) is 13.2 Å². The predicted molar refractivity (Wildman–Crippen MR) is 353 cm³/mol. The quantitative estimate of drug-likeness (QED) is 0.0261. The van der Waals surface area contributed by atoms with Crippen LogP contribution < -0.4 is 0 Å². The molecule has 0 aromatic heterocycles. The van der Waals surface area contributed by atoms with Crippen molar-refractivity contribution in [1.29, 1.82) is 0 Å². The summed E-state index contributed by atoms with van der Waals surface area (Å²) in [6.45, 7) is 6.40. The first kappa shape index (κ1) is 76.8. The number of carbonyl (C=O) groups is 3. The third-order valence-electron chi connectivity index (χ3n) is 14.4. The molecule has 0 spiro atoms. The zero-order chi connectivity index (χ0) is 58.5. The molecule has 0 fully saturated rings. The number of allylic oxidation sites excluding steroid dienone is 20. The van der Waals surface area contributed by atoms with Crippen molar-refractivity contribution in [2.75, 3.05) is 13.2 Å². The topological polar surface area (TPSA) is 78.9 Å². The summed E-state index contributed by atoms with van der Waals surface area (Å²) in [6, 6.07) is 0. The molecule has 6 heteroatoms. The van der Waals surface area contributed by atoms with E-state index < -0.39 is 6.10 Å². The fraction of sp³-hybridized carbons (Fsp3) is 0.693. The van der Waals surface area contributed by atoms with Crippen LogP contribution in [0.25, 0.3) is 0 Å². The number of ether oxygens (including phenoxy) is 3. The van der Waals surface area contributed by atoms with E-state index in [4.69, 9.17) is 14.2 Å². The average Bonchev–Trinajstić information content (AvgIpc) is 3.47. The van der Waals surface area contributed by atoms with E-state index in [-0.39, 0.29) is 31.1 Å². The maximum atomic E-state index is 12.9. The second-order valence-corrected chi connectivity index (χ2v) is 22.3. The molecular weight excluding hydrogens is 997 g/mol. The highest BCUT2D eigenvalue weighted by atomic mass is 16.6. The van der Waals surface area contributed by atoms with Gasteiger partial charge in [-0.1, -0.05) is 290 Å². The maximum absolute atomic E-state index is 12.9. The lowest BCUT2D eigenvalue weighted by molar-refractivity contribution is -0.167. The molecule has 0 saturated heterocycles. The smallest absolute Gasteiger partial charge is 0.306 e. The second kappa shape index (κ2) is 68.3. The minimum absolute atomic E-state index is 0.0929. The van der Waals surface area contributed by atoms with Gasteiger partial charge in [-0.25, -0.2) is 0 Å². The molecule has 0 amide bonds. The third kappa shape index (κ3) is 66.5. The number of hydrogen-bond donors (Lipinski definition) is 0. The summed E-state index contributed by atoms with van der Waals surface area (Å²) in [6.07, 6.45) is 95.0. The normalized spacial score (nSPS) is 12.9. The molecule has 0 bridgehead atoms. The molecule has 0 heterocycles. The molecule has 0 N–H and O–H groups in total. The van der Waals surface area contributed by atoms with Gasteiger partial charge in [0.15, 0.2) is 6.10 Å². The van der Waals surface area contributed by atoms with Gasteiger partial charge in [-0.05, 0) is 128 Å². The monoisotopic (exact) mass is 1120 g/mol. The van der Waals surface area contributed by atoms with E-state index in [1.54, 1.807) is 0 Å². The Morgan fingerprint density at radius 2 is 0.481 bits per heavy atom. The van der Waals surface area contributed by atoms with E-state index in [2.05, 4.69) is 142 Å². The van der Waals surface area contributed by atoms with E-state index in [9.17, 15) is 14.4 Å². The van der Waals surface area contributed by atoms with Gasteiger partial charge in [0.2, 0.25) is 0 Å². The van der Waals surface area contributed by atoms with Crippen molar-refractivity contribution in [1.82, 2.24) is 0 Å². The zero-order valence-corrected chi connectivity index (χ0v) is 53.0. The molecule has 0 aromatic carbocycles. The highest BCUT2D eigenvalue weighted by Gasteiger charge is 2.19. The van der Waals surface area contributed by atoms with Crippen molar-refractivity contribution in [3.8, 4) is 0 Å². The molecule has 0 radical (unpaired) electrons. The lowest BCUT2D eigenvalue weighted by Crippen LogP contribution is -2.30. The summed E-state index contributed by atoms with van der Waals surface area (Å²) in [5.41, 5.74) is 0. The van der Waals surface area contributed by atoms with Gasteiger partial charge in [-0.2, -0.15) is 0 Å². The minimum Gasteiger partial charge on any atom is -0.462 e. The SMILES string of the molecule is CC/C=C\C/C=C\C/C=C\C/C=C\CCCCCCC(=O)OC(COC(=O)CCCCCCCCC/C=C\C/C=C\C/C=C\CC)COC(=O)CCCCCCCCCCCCCCCC/C=C\C/C=C\C/C=C\CCCCCCC. The predicted octanol–water partition coefficient (Wildman–Crippen LogP) is 23.6. The molecule has 6 nitrogen and oxygen atoms in total. The summed E-state index contributed by atoms with van der Waals surface area (Å²) in [7, 11) is 0. The van der Waals surface area contributed by atoms with Crippen molar-refractivity contribution in [2.45, 2.75) is 322 Å². The number of hydrogen-bond acceptors (Lipinski definition) is 6. The Morgan fingerprint density at radius 1 is 0.259 bits per heavy atom. The molecule has 1 atom stereocenters. The summed E-state index contributed by atoms with van der Waals surface area (Å²) in [5, 5.41) is 0. The third-order valence-corrected chi connectivity index (χ3v) is 14.4. The maximum Gasteiger partial charge on any atom is 0.306 e. The number of carbonyl (C=O) groups excluding carboxylic acids is 3. The molecule has 0 rings (SSSR count). The highest BCUT2D eigenvalue weighted by Crippen LogP contribution is 2.16. The number of rotatable bonds is 61. The molecule has 0 aliphatic carbocycles. The Hall–Kier alpha value is -4.19. The van der Waals surface area contributed by atoms with Crippen molar-refractivity contribution in [3.05, 3.63) is 122 Å². The van der Waals surface area contributed by atoms with Crippen molar-refractivity contribution in [3.63, 3.8) is 0 Å². The van der Waals surface area contributed by atoms with Crippen LogP contribution in [0, 0.1) is 0 Å². The van der Waals surface area contributed by atoms with Gasteiger partial charge in [0.05, 0.1) is 0 Å².